The van der Waals surface area contributed by atoms with Crippen LogP contribution in [0, 0.1) is 17.7 Å². The number of nitrogens with zero attached hydrogens (tertiary/aromatic N) is 6. The van der Waals surface area contributed by atoms with E-state index in [0.717, 1.165) is 50.0 Å². The second kappa shape index (κ2) is 13.7. The summed E-state index contributed by atoms with van der Waals surface area (Å²) in [6, 6.07) is 13.7. The molecular formula is C32H43FN8O3. The first-order valence-corrected chi connectivity index (χ1v) is 15.4. The van der Waals surface area contributed by atoms with Crippen molar-refractivity contribution in [2.45, 2.75) is 58.1 Å². The number of halogens is 1. The number of rotatable bonds is 7. The molecule has 2 aliphatic rings. The number of anilines is 1. The Bertz CT molecular complexity index is 1420. The van der Waals surface area contributed by atoms with Gasteiger partial charge < -0.3 is 25.2 Å². The molecule has 2 aliphatic heterocycles. The molecule has 1 aromatic heterocycles. The van der Waals surface area contributed by atoms with Crippen LogP contribution in [0.25, 0.3) is 11.4 Å². The van der Waals surface area contributed by atoms with E-state index in [4.69, 9.17) is 4.74 Å². The molecule has 3 heterocycles. The largest absolute Gasteiger partial charge is 0.444 e. The van der Waals surface area contributed by atoms with Gasteiger partial charge in [-0.05, 0) is 99.2 Å². The van der Waals surface area contributed by atoms with Gasteiger partial charge in [-0.1, -0.05) is 24.3 Å². The van der Waals surface area contributed by atoms with Crippen molar-refractivity contribution in [2.75, 3.05) is 38.0 Å². The topological polar surface area (TPSA) is 118 Å². The first kappa shape index (κ1) is 31.4. The standard InChI is InChI=1S/C32H43FN8O3/c1-32(2,3)44-31(43)41-16-14-28(35-30(42)34-27-9-5-8-24(18-27)29-36-37-38-39(29)4)25(21-41)20-40-15-6-7-23(19-40)17-22-10-12-26(33)13-11-22/h5,8-13,18,23,25,28H,6-7,14-17,19-21H2,1-4H3,(H2,34,35,42)/t23?,25-,28-/m1/s1. The number of carbonyl (C=O) groups is 2. The summed E-state index contributed by atoms with van der Waals surface area (Å²) in [4.78, 5) is 30.5. The maximum Gasteiger partial charge on any atom is 0.410 e. The van der Waals surface area contributed by atoms with Crippen molar-refractivity contribution in [1.82, 2.24) is 35.3 Å². The number of piperidine rings is 2. The summed E-state index contributed by atoms with van der Waals surface area (Å²) in [5.41, 5.74) is 1.98. The second-order valence-electron chi connectivity index (χ2n) is 13.0. The fourth-order valence-electron chi connectivity index (χ4n) is 6.21. The highest BCUT2D eigenvalue weighted by Crippen LogP contribution is 2.26. The average Bonchev–Trinajstić information content (AvgIpc) is 3.40. The van der Waals surface area contributed by atoms with Crippen molar-refractivity contribution >= 4 is 17.8 Å². The Morgan fingerprint density at radius 3 is 2.59 bits per heavy atom. The van der Waals surface area contributed by atoms with Crippen molar-refractivity contribution in [3.8, 4) is 11.4 Å². The minimum absolute atomic E-state index is 0.0163. The monoisotopic (exact) mass is 606 g/mol. The lowest BCUT2D eigenvalue weighted by Crippen LogP contribution is -2.57. The highest BCUT2D eigenvalue weighted by Gasteiger charge is 2.36. The van der Waals surface area contributed by atoms with Crippen LogP contribution in [-0.4, -0.2) is 86.5 Å². The number of hydrogen-bond acceptors (Lipinski definition) is 7. The van der Waals surface area contributed by atoms with E-state index in [1.165, 1.54) is 12.1 Å². The molecule has 3 amide bonds. The highest BCUT2D eigenvalue weighted by molar-refractivity contribution is 5.90. The Kier molecular flexibility index (Phi) is 9.77. The summed E-state index contributed by atoms with van der Waals surface area (Å²) in [6.07, 6.45) is 3.39. The van der Waals surface area contributed by atoms with E-state index in [1.54, 1.807) is 16.6 Å². The van der Waals surface area contributed by atoms with Gasteiger partial charge in [0.2, 0.25) is 0 Å². The van der Waals surface area contributed by atoms with Crippen molar-refractivity contribution in [2.24, 2.45) is 18.9 Å². The van der Waals surface area contributed by atoms with Gasteiger partial charge in [-0.2, -0.15) is 0 Å². The zero-order valence-electron chi connectivity index (χ0n) is 26.0. The number of tetrazole rings is 1. The molecule has 2 fully saturated rings. The predicted octanol–water partition coefficient (Wildman–Crippen LogP) is 4.72. The number of carbonyl (C=O) groups excluding carboxylic acids is 2. The molecule has 0 spiro atoms. The number of urea groups is 1. The quantitative estimate of drug-likeness (QED) is 0.400. The zero-order valence-corrected chi connectivity index (χ0v) is 26.0. The van der Waals surface area contributed by atoms with Crippen LogP contribution in [-0.2, 0) is 18.2 Å². The molecule has 0 radical (unpaired) electrons. The van der Waals surface area contributed by atoms with E-state index in [0.29, 0.717) is 36.9 Å². The number of aromatic nitrogens is 4. The van der Waals surface area contributed by atoms with E-state index in [9.17, 15) is 14.0 Å². The molecule has 1 unspecified atom stereocenters. The van der Waals surface area contributed by atoms with Gasteiger partial charge in [0.05, 0.1) is 0 Å². The Labute approximate surface area is 258 Å². The van der Waals surface area contributed by atoms with Crippen LogP contribution >= 0.6 is 0 Å². The summed E-state index contributed by atoms with van der Waals surface area (Å²) >= 11 is 0. The Hall–Kier alpha value is -4.06. The molecule has 2 N–H and O–H groups in total. The molecule has 236 valence electrons. The summed E-state index contributed by atoms with van der Waals surface area (Å²) in [5, 5.41) is 17.8. The molecule has 5 rings (SSSR count). The van der Waals surface area contributed by atoms with E-state index < -0.39 is 5.60 Å². The van der Waals surface area contributed by atoms with Gasteiger partial charge in [-0.25, -0.2) is 18.7 Å². The molecule has 2 aromatic carbocycles. The maximum atomic E-state index is 13.4. The Balaban J connectivity index is 1.25. The minimum Gasteiger partial charge on any atom is -0.444 e. The average molecular weight is 607 g/mol. The Morgan fingerprint density at radius 1 is 1.07 bits per heavy atom. The van der Waals surface area contributed by atoms with Crippen molar-refractivity contribution in [3.05, 3.63) is 59.9 Å². The first-order chi connectivity index (χ1) is 21.0. The van der Waals surface area contributed by atoms with Crippen molar-refractivity contribution < 1.29 is 18.7 Å². The molecule has 11 nitrogen and oxygen atoms in total. The number of nitrogens with one attached hydrogen (secondary N) is 2. The number of aryl methyl sites for hydroxylation is 1. The number of ether oxygens (including phenoxy) is 1. The van der Waals surface area contributed by atoms with Gasteiger partial charge in [0.15, 0.2) is 5.82 Å². The third-order valence-electron chi connectivity index (χ3n) is 8.23. The first-order valence-electron chi connectivity index (χ1n) is 15.4. The summed E-state index contributed by atoms with van der Waals surface area (Å²) in [6.45, 7) is 9.22. The highest BCUT2D eigenvalue weighted by atomic mass is 19.1. The van der Waals surface area contributed by atoms with E-state index >= 15 is 0 Å². The fourth-order valence-corrected chi connectivity index (χ4v) is 6.21. The molecule has 0 aliphatic carbocycles. The summed E-state index contributed by atoms with van der Waals surface area (Å²) < 4.78 is 20.7. The van der Waals surface area contributed by atoms with Gasteiger partial charge in [0, 0.05) is 56.4 Å². The predicted molar refractivity (Wildman–Crippen MR) is 165 cm³/mol. The van der Waals surface area contributed by atoms with Crippen molar-refractivity contribution in [1.29, 1.82) is 0 Å². The molecule has 44 heavy (non-hydrogen) atoms. The number of hydrogen-bond donors (Lipinski definition) is 2. The normalized spacial score (nSPS) is 21.1. The zero-order chi connectivity index (χ0) is 31.3. The van der Waals surface area contributed by atoms with E-state index in [1.807, 2.05) is 57.2 Å². The van der Waals surface area contributed by atoms with Gasteiger partial charge in [-0.15, -0.1) is 5.10 Å². The van der Waals surface area contributed by atoms with E-state index in [2.05, 4.69) is 31.1 Å². The van der Waals surface area contributed by atoms with Crippen LogP contribution in [0.1, 0.15) is 45.6 Å². The number of amides is 3. The van der Waals surface area contributed by atoms with Gasteiger partial charge in [-0.3, -0.25) is 0 Å². The van der Waals surface area contributed by atoms with Gasteiger partial charge in [0.25, 0.3) is 0 Å². The van der Waals surface area contributed by atoms with Crippen LogP contribution in [0.5, 0.6) is 0 Å². The van der Waals surface area contributed by atoms with Crippen LogP contribution in [0.2, 0.25) is 0 Å². The third-order valence-corrected chi connectivity index (χ3v) is 8.23. The molecule has 12 heteroatoms. The smallest absolute Gasteiger partial charge is 0.410 e. The maximum absolute atomic E-state index is 13.4. The van der Waals surface area contributed by atoms with E-state index in [-0.39, 0.29) is 29.9 Å². The number of likely N-dealkylation sites (tertiary alicyclic amines) is 2. The Morgan fingerprint density at radius 2 is 1.86 bits per heavy atom. The SMILES string of the molecule is Cn1nnnc1-c1cccc(NC(=O)N[C@@H]2CCN(C(=O)OC(C)(C)C)C[C@H]2CN2CCCC(Cc3ccc(F)cc3)C2)c1. The second-order valence-corrected chi connectivity index (χ2v) is 13.0. The molecule has 0 bridgehead atoms. The van der Waals surface area contributed by atoms with Crippen molar-refractivity contribution in [3.63, 3.8) is 0 Å². The molecular weight excluding hydrogens is 563 g/mol. The minimum atomic E-state index is -0.586. The van der Waals surface area contributed by atoms with Crippen LogP contribution in [0.15, 0.2) is 48.5 Å². The fraction of sp³-hybridized carbons (Fsp3) is 0.531. The van der Waals surface area contributed by atoms with Crippen LogP contribution in [0.4, 0.5) is 19.7 Å². The van der Waals surface area contributed by atoms with Crippen LogP contribution < -0.4 is 10.6 Å². The molecule has 2 saturated heterocycles. The number of benzene rings is 2. The lowest BCUT2D eigenvalue weighted by atomic mass is 9.88. The van der Waals surface area contributed by atoms with Gasteiger partial charge in [0.1, 0.15) is 11.4 Å². The van der Waals surface area contributed by atoms with Crippen LogP contribution in [0.3, 0.4) is 0 Å². The summed E-state index contributed by atoms with van der Waals surface area (Å²) in [5.74, 6) is 0.861. The molecule has 0 saturated carbocycles. The lowest BCUT2D eigenvalue weighted by molar-refractivity contribution is 0.00960. The summed E-state index contributed by atoms with van der Waals surface area (Å²) in [7, 11) is 1.76. The van der Waals surface area contributed by atoms with Gasteiger partial charge >= 0.3 is 12.1 Å². The molecule has 3 atom stereocenters. The third kappa shape index (κ3) is 8.52. The lowest BCUT2D eigenvalue weighted by Gasteiger charge is -2.42. The molecule has 3 aromatic rings.